The second kappa shape index (κ2) is 9.82. The molecule has 0 aromatic carbocycles. The fourth-order valence-electron chi connectivity index (χ4n) is 1.53. The molecule has 0 aromatic rings. The van der Waals surface area contributed by atoms with Gasteiger partial charge >= 0.3 is 0 Å². The summed E-state index contributed by atoms with van der Waals surface area (Å²) in [6, 6.07) is 0. The van der Waals surface area contributed by atoms with Gasteiger partial charge in [-0.05, 0) is 46.4 Å². The lowest BCUT2D eigenvalue weighted by Crippen LogP contribution is -2.41. The van der Waals surface area contributed by atoms with Crippen molar-refractivity contribution in [3.63, 3.8) is 0 Å². The van der Waals surface area contributed by atoms with Gasteiger partial charge in [0, 0.05) is 6.54 Å². The lowest BCUT2D eigenvalue weighted by Gasteiger charge is -2.27. The number of nitrogens with zero attached hydrogens (tertiary/aromatic N) is 2. The number of aliphatic hydroxyl groups is 1. The standard InChI is InChI=1S/C13H28N2O/c1-5-7-9-11-15(10-8-6-2)12-13(16)14(3)4/h5,13,16H,1,6-12H2,2-4H3. The summed E-state index contributed by atoms with van der Waals surface area (Å²) in [5.41, 5.74) is 0. The van der Waals surface area contributed by atoms with Gasteiger partial charge in [-0.2, -0.15) is 0 Å². The first-order valence-corrected chi connectivity index (χ1v) is 6.29. The van der Waals surface area contributed by atoms with Crippen molar-refractivity contribution in [2.45, 2.75) is 38.8 Å². The number of unbranched alkanes of at least 4 members (excludes halogenated alkanes) is 2. The van der Waals surface area contributed by atoms with Crippen molar-refractivity contribution in [2.75, 3.05) is 33.7 Å². The van der Waals surface area contributed by atoms with Crippen LogP contribution < -0.4 is 0 Å². The Kier molecular flexibility index (Phi) is 9.59. The number of aliphatic hydroxyl groups excluding tert-OH is 1. The van der Waals surface area contributed by atoms with Gasteiger partial charge in [0.25, 0.3) is 0 Å². The summed E-state index contributed by atoms with van der Waals surface area (Å²) in [5.74, 6) is 0. The zero-order valence-electron chi connectivity index (χ0n) is 11.2. The topological polar surface area (TPSA) is 26.7 Å². The van der Waals surface area contributed by atoms with Crippen molar-refractivity contribution in [1.82, 2.24) is 9.80 Å². The molecule has 0 aliphatic rings. The van der Waals surface area contributed by atoms with Crippen molar-refractivity contribution in [1.29, 1.82) is 0 Å². The minimum atomic E-state index is -0.361. The summed E-state index contributed by atoms with van der Waals surface area (Å²) < 4.78 is 0. The van der Waals surface area contributed by atoms with Gasteiger partial charge in [-0.1, -0.05) is 19.4 Å². The normalized spacial score (nSPS) is 13.4. The Morgan fingerprint density at radius 3 is 2.38 bits per heavy atom. The van der Waals surface area contributed by atoms with Crippen LogP contribution in [-0.2, 0) is 0 Å². The van der Waals surface area contributed by atoms with Crippen LogP contribution in [0.25, 0.3) is 0 Å². The summed E-state index contributed by atoms with van der Waals surface area (Å²) in [6.45, 7) is 8.81. The van der Waals surface area contributed by atoms with E-state index in [-0.39, 0.29) is 6.23 Å². The van der Waals surface area contributed by atoms with Crippen LogP contribution in [0.15, 0.2) is 12.7 Å². The van der Waals surface area contributed by atoms with E-state index in [4.69, 9.17) is 0 Å². The monoisotopic (exact) mass is 228 g/mol. The summed E-state index contributed by atoms with van der Waals surface area (Å²) in [7, 11) is 3.82. The number of likely N-dealkylation sites (N-methyl/N-ethyl adjacent to an activating group) is 1. The van der Waals surface area contributed by atoms with Gasteiger partial charge in [0.15, 0.2) is 0 Å². The van der Waals surface area contributed by atoms with E-state index in [0.29, 0.717) is 0 Å². The molecule has 0 saturated heterocycles. The summed E-state index contributed by atoms with van der Waals surface area (Å²) in [4.78, 5) is 4.20. The van der Waals surface area contributed by atoms with Crippen LogP contribution in [0.2, 0.25) is 0 Å². The van der Waals surface area contributed by atoms with Crippen molar-refractivity contribution >= 4 is 0 Å². The molecular formula is C13H28N2O. The highest BCUT2D eigenvalue weighted by Gasteiger charge is 2.12. The van der Waals surface area contributed by atoms with Gasteiger partial charge in [-0.25, -0.2) is 0 Å². The van der Waals surface area contributed by atoms with Crippen molar-refractivity contribution in [3.05, 3.63) is 12.7 Å². The fourth-order valence-corrected chi connectivity index (χ4v) is 1.53. The Hall–Kier alpha value is -0.380. The number of allylic oxidation sites excluding steroid dienone is 1. The van der Waals surface area contributed by atoms with Crippen LogP contribution in [0.3, 0.4) is 0 Å². The number of hydrogen-bond donors (Lipinski definition) is 1. The maximum Gasteiger partial charge on any atom is 0.119 e. The Bertz CT molecular complexity index is 171. The second-order valence-electron chi connectivity index (χ2n) is 4.53. The third-order valence-corrected chi connectivity index (χ3v) is 2.73. The van der Waals surface area contributed by atoms with Crippen LogP contribution >= 0.6 is 0 Å². The Morgan fingerprint density at radius 2 is 1.88 bits per heavy atom. The van der Waals surface area contributed by atoms with E-state index in [1.165, 1.54) is 12.8 Å². The lowest BCUT2D eigenvalue weighted by molar-refractivity contribution is 0.00820. The second-order valence-corrected chi connectivity index (χ2v) is 4.53. The molecule has 0 bridgehead atoms. The molecule has 16 heavy (non-hydrogen) atoms. The molecule has 3 nitrogen and oxygen atoms in total. The van der Waals surface area contributed by atoms with Gasteiger partial charge in [0.05, 0.1) is 0 Å². The van der Waals surface area contributed by atoms with Crippen molar-refractivity contribution < 1.29 is 5.11 Å². The maximum atomic E-state index is 9.82. The SMILES string of the molecule is C=CCCCN(CCCC)CC(O)N(C)C. The molecule has 0 fully saturated rings. The van der Waals surface area contributed by atoms with Gasteiger partial charge < -0.3 is 5.11 Å². The minimum Gasteiger partial charge on any atom is -0.377 e. The van der Waals surface area contributed by atoms with E-state index in [2.05, 4.69) is 18.4 Å². The minimum absolute atomic E-state index is 0.361. The molecule has 0 spiro atoms. The molecular weight excluding hydrogens is 200 g/mol. The average molecular weight is 228 g/mol. The first-order chi connectivity index (χ1) is 7.61. The number of hydrogen-bond acceptors (Lipinski definition) is 3. The van der Waals surface area contributed by atoms with E-state index in [9.17, 15) is 5.11 Å². The number of rotatable bonds is 10. The highest BCUT2D eigenvalue weighted by atomic mass is 16.3. The van der Waals surface area contributed by atoms with Crippen LogP contribution in [0.5, 0.6) is 0 Å². The van der Waals surface area contributed by atoms with Crippen LogP contribution in [0.4, 0.5) is 0 Å². The van der Waals surface area contributed by atoms with Crippen LogP contribution in [-0.4, -0.2) is 54.9 Å². The van der Waals surface area contributed by atoms with Crippen LogP contribution in [0.1, 0.15) is 32.6 Å². The summed E-state index contributed by atoms with van der Waals surface area (Å²) in [5, 5.41) is 9.82. The quantitative estimate of drug-likeness (QED) is 0.352. The third-order valence-electron chi connectivity index (χ3n) is 2.73. The average Bonchev–Trinajstić information content (AvgIpc) is 2.25. The Morgan fingerprint density at radius 1 is 1.25 bits per heavy atom. The van der Waals surface area contributed by atoms with E-state index >= 15 is 0 Å². The van der Waals surface area contributed by atoms with E-state index in [1.807, 2.05) is 25.1 Å². The maximum absolute atomic E-state index is 9.82. The summed E-state index contributed by atoms with van der Waals surface area (Å²) in [6.07, 6.45) is 6.19. The smallest absolute Gasteiger partial charge is 0.119 e. The molecule has 0 aliphatic carbocycles. The molecule has 1 atom stereocenters. The Labute approximate surface area is 101 Å². The molecule has 1 unspecified atom stereocenters. The molecule has 0 heterocycles. The third kappa shape index (κ3) is 7.85. The molecule has 0 amide bonds. The molecule has 1 N–H and O–H groups in total. The Balaban J connectivity index is 3.92. The fraction of sp³-hybridized carbons (Fsp3) is 0.846. The lowest BCUT2D eigenvalue weighted by atomic mass is 10.2. The largest absolute Gasteiger partial charge is 0.377 e. The van der Waals surface area contributed by atoms with Crippen molar-refractivity contribution in [3.8, 4) is 0 Å². The molecule has 0 rings (SSSR count). The van der Waals surface area contributed by atoms with Gasteiger partial charge in [0.2, 0.25) is 0 Å². The molecule has 96 valence electrons. The highest BCUT2D eigenvalue weighted by Crippen LogP contribution is 2.02. The molecule has 0 saturated carbocycles. The highest BCUT2D eigenvalue weighted by molar-refractivity contribution is 4.69. The molecule has 0 radical (unpaired) electrons. The molecule has 0 aromatic heterocycles. The molecule has 0 aliphatic heterocycles. The van der Waals surface area contributed by atoms with Crippen molar-refractivity contribution in [2.24, 2.45) is 0 Å². The van der Waals surface area contributed by atoms with E-state index in [0.717, 1.165) is 32.5 Å². The van der Waals surface area contributed by atoms with Gasteiger partial charge in [-0.15, -0.1) is 6.58 Å². The van der Waals surface area contributed by atoms with Gasteiger partial charge in [0.1, 0.15) is 6.23 Å². The van der Waals surface area contributed by atoms with E-state index in [1.54, 1.807) is 0 Å². The van der Waals surface area contributed by atoms with Gasteiger partial charge in [-0.3, -0.25) is 9.80 Å². The van der Waals surface area contributed by atoms with Crippen LogP contribution in [0, 0.1) is 0 Å². The predicted molar refractivity (Wildman–Crippen MR) is 70.5 cm³/mol. The zero-order chi connectivity index (χ0) is 12.4. The first-order valence-electron chi connectivity index (χ1n) is 6.29. The molecule has 3 heteroatoms. The predicted octanol–water partition coefficient (Wildman–Crippen LogP) is 1.93. The van der Waals surface area contributed by atoms with E-state index < -0.39 is 0 Å². The first kappa shape index (κ1) is 15.6. The summed E-state index contributed by atoms with van der Waals surface area (Å²) >= 11 is 0. The zero-order valence-corrected chi connectivity index (χ0v) is 11.2.